The normalized spacial score (nSPS) is 11.5. The molecule has 1 amide bonds. The van der Waals surface area contributed by atoms with E-state index in [0.717, 1.165) is 45.1 Å². The molecule has 1 aromatic carbocycles. The van der Waals surface area contributed by atoms with Crippen molar-refractivity contribution in [2.45, 2.75) is 27.3 Å². The number of anilines is 1. The number of aromatic amines is 1. The lowest BCUT2D eigenvalue weighted by Gasteiger charge is -2.17. The fourth-order valence-corrected chi connectivity index (χ4v) is 3.42. The molecule has 0 bridgehead atoms. The van der Waals surface area contributed by atoms with Crippen LogP contribution in [0, 0.1) is 5.41 Å². The Balaban J connectivity index is 0.00000256. The van der Waals surface area contributed by atoms with E-state index in [4.69, 9.17) is 4.98 Å². The second kappa shape index (κ2) is 7.99. The molecule has 0 saturated carbocycles. The van der Waals surface area contributed by atoms with Crippen LogP contribution in [0.5, 0.6) is 0 Å². The van der Waals surface area contributed by atoms with Gasteiger partial charge >= 0.3 is 0 Å². The zero-order valence-corrected chi connectivity index (χ0v) is 18.6. The molecule has 3 N–H and O–H groups in total. The SMILES string of the molecule is CNc1[nH]c2nc(-c3cccc(CNC(=O)C(C)(C)C)c3)cc-2c2c1ncn2C.Cl. The highest BCUT2D eigenvalue weighted by Gasteiger charge is 2.21. The van der Waals surface area contributed by atoms with Crippen LogP contribution in [0.1, 0.15) is 26.3 Å². The first-order valence-corrected chi connectivity index (χ1v) is 9.67. The lowest BCUT2D eigenvalue weighted by molar-refractivity contribution is -0.128. The third-order valence-corrected chi connectivity index (χ3v) is 5.05. The predicted octanol–water partition coefficient (Wildman–Crippen LogP) is 4.19. The molecule has 8 heteroatoms. The van der Waals surface area contributed by atoms with Gasteiger partial charge in [0.2, 0.25) is 5.91 Å². The number of aryl methyl sites for hydroxylation is 1. The van der Waals surface area contributed by atoms with Crippen LogP contribution in [0.2, 0.25) is 0 Å². The van der Waals surface area contributed by atoms with Gasteiger partial charge in [-0.15, -0.1) is 12.4 Å². The summed E-state index contributed by atoms with van der Waals surface area (Å²) < 4.78 is 2.01. The molecule has 2 aliphatic heterocycles. The summed E-state index contributed by atoms with van der Waals surface area (Å²) in [7, 11) is 3.85. The lowest BCUT2D eigenvalue weighted by atomic mass is 9.95. The molecule has 7 nitrogen and oxygen atoms in total. The number of amides is 1. The van der Waals surface area contributed by atoms with Gasteiger partial charge in [-0.05, 0) is 17.7 Å². The number of fused-ring (bicyclic) bond motifs is 3. The number of rotatable bonds is 4. The molecule has 0 fully saturated rings. The molecule has 1 aromatic heterocycles. The number of benzene rings is 1. The number of carbonyl (C=O) groups excluding carboxylic acids is 1. The van der Waals surface area contributed by atoms with Crippen LogP contribution < -0.4 is 10.6 Å². The van der Waals surface area contributed by atoms with Crippen LogP contribution in [0.3, 0.4) is 0 Å². The number of imidazole rings is 1. The zero-order chi connectivity index (χ0) is 20.8. The van der Waals surface area contributed by atoms with E-state index in [2.05, 4.69) is 32.7 Å². The molecule has 30 heavy (non-hydrogen) atoms. The Morgan fingerprint density at radius 3 is 2.70 bits per heavy atom. The molecule has 0 spiro atoms. The van der Waals surface area contributed by atoms with Gasteiger partial charge in [0.1, 0.15) is 17.2 Å². The van der Waals surface area contributed by atoms with Crippen molar-refractivity contribution in [1.82, 2.24) is 24.8 Å². The summed E-state index contributed by atoms with van der Waals surface area (Å²) in [6, 6.07) is 10.2. The van der Waals surface area contributed by atoms with Crippen molar-refractivity contribution in [2.75, 3.05) is 12.4 Å². The van der Waals surface area contributed by atoms with E-state index in [0.29, 0.717) is 6.54 Å². The van der Waals surface area contributed by atoms with E-state index in [1.54, 1.807) is 0 Å². The number of hydrogen-bond acceptors (Lipinski definition) is 4. The van der Waals surface area contributed by atoms with E-state index in [1.807, 2.05) is 64.0 Å². The first-order chi connectivity index (χ1) is 13.8. The summed E-state index contributed by atoms with van der Waals surface area (Å²) in [6.45, 7) is 6.22. The molecule has 0 radical (unpaired) electrons. The molecule has 158 valence electrons. The number of H-pyrrole nitrogens is 1. The maximum Gasteiger partial charge on any atom is 0.225 e. The van der Waals surface area contributed by atoms with E-state index in [-0.39, 0.29) is 18.3 Å². The van der Waals surface area contributed by atoms with Crippen molar-refractivity contribution >= 4 is 35.2 Å². The van der Waals surface area contributed by atoms with Gasteiger partial charge in [-0.2, -0.15) is 0 Å². The summed E-state index contributed by atoms with van der Waals surface area (Å²) in [4.78, 5) is 24.8. The van der Waals surface area contributed by atoms with Crippen molar-refractivity contribution in [3.05, 3.63) is 42.2 Å². The maximum atomic E-state index is 12.2. The van der Waals surface area contributed by atoms with Gasteiger partial charge in [0, 0.05) is 37.2 Å². The van der Waals surface area contributed by atoms with Gasteiger partial charge in [0.05, 0.1) is 17.5 Å². The Hall–Kier alpha value is -3.06. The highest BCUT2D eigenvalue weighted by molar-refractivity contribution is 5.99. The largest absolute Gasteiger partial charge is 0.373 e. The van der Waals surface area contributed by atoms with E-state index in [1.165, 1.54) is 0 Å². The summed E-state index contributed by atoms with van der Waals surface area (Å²) in [5, 5.41) is 6.16. The first kappa shape index (κ1) is 21.6. The summed E-state index contributed by atoms with van der Waals surface area (Å²) >= 11 is 0. The fraction of sp³-hybridized carbons (Fsp3) is 0.318. The fourth-order valence-electron chi connectivity index (χ4n) is 3.42. The number of halogens is 1. The summed E-state index contributed by atoms with van der Waals surface area (Å²) in [6.07, 6.45) is 1.81. The third kappa shape index (κ3) is 3.85. The Bertz CT molecular complexity index is 1170. The quantitative estimate of drug-likeness (QED) is 0.456. The number of pyridine rings is 1. The monoisotopic (exact) mass is 426 g/mol. The van der Waals surface area contributed by atoms with Crippen molar-refractivity contribution in [3.8, 4) is 22.6 Å². The Kier molecular flexibility index (Phi) is 5.76. The summed E-state index contributed by atoms with van der Waals surface area (Å²) in [5.74, 6) is 1.69. The minimum atomic E-state index is -0.405. The minimum absolute atomic E-state index is 0. The van der Waals surface area contributed by atoms with Crippen molar-refractivity contribution in [1.29, 1.82) is 0 Å². The van der Waals surface area contributed by atoms with Gasteiger partial charge in [-0.25, -0.2) is 9.97 Å². The highest BCUT2D eigenvalue weighted by atomic mass is 35.5. The molecule has 0 saturated heterocycles. The first-order valence-electron chi connectivity index (χ1n) is 9.67. The predicted molar refractivity (Wildman–Crippen MR) is 123 cm³/mol. The molecule has 0 unspecified atom stereocenters. The average molecular weight is 427 g/mol. The second-order valence-electron chi connectivity index (χ2n) is 8.34. The molecule has 0 aliphatic carbocycles. The smallest absolute Gasteiger partial charge is 0.225 e. The maximum absolute atomic E-state index is 12.2. The van der Waals surface area contributed by atoms with E-state index < -0.39 is 5.41 Å². The Morgan fingerprint density at radius 1 is 1.23 bits per heavy atom. The van der Waals surface area contributed by atoms with Crippen LogP contribution in [-0.2, 0) is 18.4 Å². The molecular formula is C22H27ClN6O. The average Bonchev–Trinajstić information content (AvgIpc) is 3.28. The number of nitrogens with one attached hydrogen (secondary N) is 3. The number of aromatic nitrogens is 4. The van der Waals surface area contributed by atoms with Crippen molar-refractivity contribution in [2.24, 2.45) is 12.5 Å². The molecular weight excluding hydrogens is 400 g/mol. The van der Waals surface area contributed by atoms with Gasteiger partial charge in [0.25, 0.3) is 0 Å². The zero-order valence-electron chi connectivity index (χ0n) is 17.8. The molecule has 2 aromatic rings. The molecule has 2 aliphatic rings. The Morgan fingerprint density at radius 2 is 2.00 bits per heavy atom. The lowest BCUT2D eigenvalue weighted by Crippen LogP contribution is -2.34. The van der Waals surface area contributed by atoms with Gasteiger partial charge in [0.15, 0.2) is 0 Å². The van der Waals surface area contributed by atoms with E-state index in [9.17, 15) is 4.79 Å². The highest BCUT2D eigenvalue weighted by Crippen LogP contribution is 2.35. The standard InChI is InChI=1S/C22H26N6O.ClH/c1-22(2,3)21(29)24-11-13-7-6-8-14(9-13)16-10-15-18-17(25-12-28(18)5)20(23-4)27-19(15)26-16;/h6-10,12H,11H2,1-5H3,(H,24,29)(H2,23,26,27);1H. The number of carbonyl (C=O) groups is 1. The number of nitrogens with zero attached hydrogens (tertiary/aromatic N) is 3. The molecule has 3 heterocycles. The molecule has 4 rings (SSSR count). The number of hydrogen-bond donors (Lipinski definition) is 3. The third-order valence-electron chi connectivity index (χ3n) is 5.05. The summed E-state index contributed by atoms with van der Waals surface area (Å²) in [5.41, 5.74) is 5.49. The van der Waals surface area contributed by atoms with Gasteiger partial charge in [-0.1, -0.05) is 39.0 Å². The Labute approximate surface area is 182 Å². The van der Waals surface area contributed by atoms with Crippen molar-refractivity contribution in [3.63, 3.8) is 0 Å². The van der Waals surface area contributed by atoms with Crippen LogP contribution in [0.4, 0.5) is 5.82 Å². The van der Waals surface area contributed by atoms with Crippen LogP contribution in [0.15, 0.2) is 36.7 Å². The van der Waals surface area contributed by atoms with Crippen LogP contribution >= 0.6 is 12.4 Å². The minimum Gasteiger partial charge on any atom is -0.373 e. The van der Waals surface area contributed by atoms with E-state index >= 15 is 0 Å². The van der Waals surface area contributed by atoms with Gasteiger partial charge < -0.3 is 20.2 Å². The van der Waals surface area contributed by atoms with Crippen LogP contribution in [0.25, 0.3) is 33.7 Å². The molecule has 0 atom stereocenters. The van der Waals surface area contributed by atoms with Gasteiger partial charge in [-0.3, -0.25) is 4.79 Å². The van der Waals surface area contributed by atoms with Crippen molar-refractivity contribution < 1.29 is 4.79 Å². The topological polar surface area (TPSA) is 87.6 Å². The second-order valence-corrected chi connectivity index (χ2v) is 8.34. The van der Waals surface area contributed by atoms with Crippen LogP contribution in [-0.4, -0.2) is 32.5 Å².